The Hall–Kier alpha value is -0.930. The van der Waals surface area contributed by atoms with Gasteiger partial charge in [-0.1, -0.05) is 0 Å². The molecule has 1 N–H and O–H groups in total. The lowest BCUT2D eigenvalue weighted by molar-refractivity contribution is -0.169. The number of halogens is 7. The summed E-state index contributed by atoms with van der Waals surface area (Å²) in [6.07, 6.45) is -8.15. The Bertz CT molecular complexity index is 574. The highest BCUT2D eigenvalue weighted by Gasteiger charge is 2.49. The quantitative estimate of drug-likeness (QED) is 0.757. The molecule has 1 aromatic heterocycles. The SMILES string of the molecule is Cl.FC(F)(F)CN1CCn2c(C(F)(F)F)ccc2C12CCNCC2. The van der Waals surface area contributed by atoms with Gasteiger partial charge in [-0.15, -0.1) is 12.4 Å². The van der Waals surface area contributed by atoms with Crippen molar-refractivity contribution in [2.24, 2.45) is 0 Å². The number of aromatic nitrogens is 1. The second-order valence-electron chi connectivity index (χ2n) is 6.07. The highest BCUT2D eigenvalue weighted by Crippen LogP contribution is 2.44. The van der Waals surface area contributed by atoms with E-state index in [0.29, 0.717) is 31.6 Å². The molecule has 1 aromatic rings. The molecule has 0 saturated carbocycles. The molecular formula is C14H18ClF6N3. The zero-order valence-corrected chi connectivity index (χ0v) is 13.5. The summed E-state index contributed by atoms with van der Waals surface area (Å²) < 4.78 is 79.2. The normalized spacial score (nSPS) is 21.4. The van der Waals surface area contributed by atoms with E-state index in [0.717, 1.165) is 10.6 Å². The minimum Gasteiger partial charge on any atom is -0.338 e. The van der Waals surface area contributed by atoms with E-state index in [2.05, 4.69) is 5.32 Å². The van der Waals surface area contributed by atoms with Crippen LogP contribution in [0.3, 0.4) is 0 Å². The van der Waals surface area contributed by atoms with Gasteiger partial charge >= 0.3 is 12.4 Å². The standard InChI is InChI=1S/C14H17F6N3.ClH/c15-13(16,17)9-22-7-8-23-10(1-2-11(23)14(18,19)20)12(22)3-5-21-6-4-12;/h1-2,21H,3-9H2;1H. The molecule has 10 heteroatoms. The maximum atomic E-state index is 13.1. The van der Waals surface area contributed by atoms with Crippen LogP contribution in [0.4, 0.5) is 26.3 Å². The Morgan fingerprint density at radius 2 is 1.62 bits per heavy atom. The molecule has 138 valence electrons. The Labute approximate surface area is 141 Å². The van der Waals surface area contributed by atoms with Crippen molar-refractivity contribution in [3.05, 3.63) is 23.5 Å². The van der Waals surface area contributed by atoms with Crippen LogP contribution in [0.5, 0.6) is 0 Å². The van der Waals surface area contributed by atoms with Gasteiger partial charge < -0.3 is 9.88 Å². The van der Waals surface area contributed by atoms with Gasteiger partial charge in [-0.3, -0.25) is 4.90 Å². The Balaban J connectivity index is 0.00000208. The number of rotatable bonds is 1. The highest BCUT2D eigenvalue weighted by molar-refractivity contribution is 5.85. The van der Waals surface area contributed by atoms with E-state index in [9.17, 15) is 26.3 Å². The summed E-state index contributed by atoms with van der Waals surface area (Å²) in [6.45, 7) is -0.242. The zero-order valence-electron chi connectivity index (χ0n) is 12.7. The molecule has 0 atom stereocenters. The summed E-state index contributed by atoms with van der Waals surface area (Å²) >= 11 is 0. The summed E-state index contributed by atoms with van der Waals surface area (Å²) in [4.78, 5) is 1.31. The summed E-state index contributed by atoms with van der Waals surface area (Å²) in [7, 11) is 0. The zero-order chi connectivity index (χ0) is 16.9. The second-order valence-corrected chi connectivity index (χ2v) is 6.07. The van der Waals surface area contributed by atoms with Crippen molar-refractivity contribution >= 4 is 12.4 Å². The first-order valence-corrected chi connectivity index (χ1v) is 7.43. The summed E-state index contributed by atoms with van der Waals surface area (Å²) in [6, 6.07) is 2.33. The molecule has 0 radical (unpaired) electrons. The molecule has 24 heavy (non-hydrogen) atoms. The van der Waals surface area contributed by atoms with Gasteiger partial charge in [0, 0.05) is 18.8 Å². The van der Waals surface area contributed by atoms with Crippen molar-refractivity contribution in [3.8, 4) is 0 Å². The number of alkyl halides is 6. The van der Waals surface area contributed by atoms with Crippen molar-refractivity contribution in [1.29, 1.82) is 0 Å². The van der Waals surface area contributed by atoms with Gasteiger partial charge in [-0.05, 0) is 38.1 Å². The van der Waals surface area contributed by atoms with Crippen molar-refractivity contribution in [1.82, 2.24) is 14.8 Å². The maximum Gasteiger partial charge on any atom is 0.431 e. The molecule has 3 nitrogen and oxygen atoms in total. The third-order valence-corrected chi connectivity index (χ3v) is 4.75. The number of hydrogen-bond acceptors (Lipinski definition) is 2. The highest BCUT2D eigenvalue weighted by atomic mass is 35.5. The van der Waals surface area contributed by atoms with Crippen LogP contribution >= 0.6 is 12.4 Å². The molecule has 1 saturated heterocycles. The molecule has 1 fully saturated rings. The first-order valence-electron chi connectivity index (χ1n) is 7.43. The van der Waals surface area contributed by atoms with Gasteiger partial charge in [-0.2, -0.15) is 26.3 Å². The van der Waals surface area contributed by atoms with Crippen LogP contribution in [-0.2, 0) is 18.3 Å². The van der Waals surface area contributed by atoms with E-state index in [1.54, 1.807) is 0 Å². The average Bonchev–Trinajstić information content (AvgIpc) is 2.87. The van der Waals surface area contributed by atoms with Gasteiger partial charge in [-0.25, -0.2) is 0 Å². The molecule has 2 aliphatic heterocycles. The molecule has 3 heterocycles. The molecule has 0 unspecified atom stereocenters. The van der Waals surface area contributed by atoms with Gasteiger partial charge in [0.25, 0.3) is 0 Å². The molecule has 1 spiro atoms. The van der Waals surface area contributed by atoms with Crippen molar-refractivity contribution < 1.29 is 26.3 Å². The number of piperidine rings is 1. The topological polar surface area (TPSA) is 20.2 Å². The number of nitrogens with zero attached hydrogens (tertiary/aromatic N) is 2. The molecule has 0 aliphatic carbocycles. The van der Waals surface area contributed by atoms with E-state index >= 15 is 0 Å². The number of fused-ring (bicyclic) bond motifs is 2. The van der Waals surface area contributed by atoms with Crippen LogP contribution in [0.1, 0.15) is 24.2 Å². The van der Waals surface area contributed by atoms with E-state index in [4.69, 9.17) is 0 Å². The first kappa shape index (κ1) is 19.4. The van der Waals surface area contributed by atoms with Crippen LogP contribution in [0, 0.1) is 0 Å². The van der Waals surface area contributed by atoms with E-state index in [1.165, 1.54) is 11.0 Å². The average molecular weight is 378 g/mol. The molecule has 0 amide bonds. The maximum absolute atomic E-state index is 13.1. The minimum atomic E-state index is -4.50. The van der Waals surface area contributed by atoms with Gasteiger partial charge in [0.05, 0.1) is 12.1 Å². The predicted molar refractivity (Wildman–Crippen MR) is 78.1 cm³/mol. The smallest absolute Gasteiger partial charge is 0.338 e. The molecule has 2 aliphatic rings. The fourth-order valence-corrected chi connectivity index (χ4v) is 3.82. The Morgan fingerprint density at radius 3 is 2.17 bits per heavy atom. The van der Waals surface area contributed by atoms with Crippen LogP contribution in [0.15, 0.2) is 12.1 Å². The van der Waals surface area contributed by atoms with Crippen LogP contribution in [0.25, 0.3) is 0 Å². The monoisotopic (exact) mass is 377 g/mol. The van der Waals surface area contributed by atoms with Gasteiger partial charge in [0.1, 0.15) is 5.69 Å². The molecule has 0 aromatic carbocycles. The lowest BCUT2D eigenvalue weighted by atomic mass is 9.81. The van der Waals surface area contributed by atoms with E-state index in [1.807, 2.05) is 0 Å². The predicted octanol–water partition coefficient (Wildman–Crippen LogP) is 3.39. The van der Waals surface area contributed by atoms with Crippen molar-refractivity contribution in [2.45, 2.75) is 37.3 Å². The lowest BCUT2D eigenvalue weighted by Crippen LogP contribution is -2.59. The molecule has 3 rings (SSSR count). The Morgan fingerprint density at radius 1 is 1.00 bits per heavy atom. The summed E-state index contributed by atoms with van der Waals surface area (Å²) in [5, 5.41) is 3.07. The largest absolute Gasteiger partial charge is 0.431 e. The Kier molecular flexibility index (Phi) is 5.19. The third kappa shape index (κ3) is 3.39. The van der Waals surface area contributed by atoms with Gasteiger partial charge in [0.15, 0.2) is 0 Å². The summed E-state index contributed by atoms with van der Waals surface area (Å²) in [5.74, 6) is 0. The van der Waals surface area contributed by atoms with E-state index in [-0.39, 0.29) is 25.5 Å². The van der Waals surface area contributed by atoms with Crippen LogP contribution in [0.2, 0.25) is 0 Å². The number of nitrogens with one attached hydrogen (secondary N) is 1. The third-order valence-electron chi connectivity index (χ3n) is 4.75. The summed E-state index contributed by atoms with van der Waals surface area (Å²) in [5.41, 5.74) is -1.42. The van der Waals surface area contributed by atoms with Crippen molar-refractivity contribution in [3.63, 3.8) is 0 Å². The first-order chi connectivity index (χ1) is 10.6. The van der Waals surface area contributed by atoms with Crippen LogP contribution in [-0.4, -0.2) is 41.8 Å². The fourth-order valence-electron chi connectivity index (χ4n) is 3.82. The second kappa shape index (κ2) is 6.42. The van der Waals surface area contributed by atoms with E-state index < -0.39 is 30.1 Å². The van der Waals surface area contributed by atoms with Crippen molar-refractivity contribution in [2.75, 3.05) is 26.2 Å². The van der Waals surface area contributed by atoms with Crippen LogP contribution < -0.4 is 5.32 Å². The lowest BCUT2D eigenvalue weighted by Gasteiger charge is -2.50. The molecule has 0 bridgehead atoms. The number of hydrogen-bond donors (Lipinski definition) is 1. The fraction of sp³-hybridized carbons (Fsp3) is 0.714. The molecular weight excluding hydrogens is 360 g/mol. The van der Waals surface area contributed by atoms with Gasteiger partial charge in [0.2, 0.25) is 0 Å². The minimum absolute atomic E-state index is 0.